The quantitative estimate of drug-likeness (QED) is 0.0708. The molecule has 61 heavy (non-hydrogen) atoms. The van der Waals surface area contributed by atoms with E-state index >= 15 is 8.78 Å². The molecular weight excluding hydrogens is 822 g/mol. The Kier molecular flexibility index (Phi) is 11.4. The highest BCUT2D eigenvalue weighted by Gasteiger charge is 2.44. The number of anilines is 1. The van der Waals surface area contributed by atoms with Gasteiger partial charge in [-0.3, -0.25) is 28.8 Å². The van der Waals surface area contributed by atoms with Crippen LogP contribution in [-0.2, 0) is 19.7 Å². The van der Waals surface area contributed by atoms with Crippen LogP contribution in [0.1, 0.15) is 55.9 Å². The first-order valence-electron chi connectivity index (χ1n) is 19.1. The number of carbonyl (C=O) groups is 4. The summed E-state index contributed by atoms with van der Waals surface area (Å²) < 4.78 is 89.8. The number of amides is 3. The van der Waals surface area contributed by atoms with Crippen LogP contribution in [0.2, 0.25) is 0 Å². The smallest absolute Gasteiger partial charge is 0.301 e. The maximum atomic E-state index is 15.7. The number of allylic oxidation sites excluding steroid dienone is 1. The van der Waals surface area contributed by atoms with Gasteiger partial charge in [0.05, 0.1) is 35.6 Å². The van der Waals surface area contributed by atoms with Crippen LogP contribution in [0.4, 0.5) is 18.9 Å². The summed E-state index contributed by atoms with van der Waals surface area (Å²) >= 11 is 0. The van der Waals surface area contributed by atoms with Crippen LogP contribution < -0.4 is 19.5 Å². The number of hydrogen-bond donors (Lipinski definition) is 3. The van der Waals surface area contributed by atoms with Crippen molar-refractivity contribution >= 4 is 50.4 Å². The Hall–Kier alpha value is -6.57. The number of ether oxygens (including phenoxy) is 3. The summed E-state index contributed by atoms with van der Waals surface area (Å²) in [5.74, 6) is -4.30. The zero-order valence-corrected chi connectivity index (χ0v) is 33.0. The Morgan fingerprint density at radius 2 is 1.62 bits per heavy atom. The van der Waals surface area contributed by atoms with Gasteiger partial charge in [-0.15, -0.1) is 0 Å². The van der Waals surface area contributed by atoms with Crippen LogP contribution >= 0.6 is 0 Å². The lowest BCUT2D eigenvalue weighted by molar-refractivity contribution is -0.125. The Morgan fingerprint density at radius 1 is 0.902 bits per heavy atom. The normalized spacial score (nSPS) is 18.1. The van der Waals surface area contributed by atoms with Gasteiger partial charge in [0.25, 0.3) is 11.8 Å². The number of carbonyl (C=O) groups excluding carboxylic acids is 4. The van der Waals surface area contributed by atoms with Crippen molar-refractivity contribution in [3.63, 3.8) is 0 Å². The van der Waals surface area contributed by atoms with Crippen molar-refractivity contribution in [1.82, 2.24) is 24.5 Å². The predicted molar refractivity (Wildman–Crippen MR) is 214 cm³/mol. The number of imide groups is 1. The minimum Gasteiger partial charge on any atom is -0.491 e. The number of benzene rings is 3. The average Bonchev–Trinajstić information content (AvgIpc) is 3.94. The molecular formula is C42H37F3N6O9S. The fraction of sp³-hybridized carbons (Fsp3) is 0.262. The molecule has 2 fully saturated rings. The fourth-order valence-electron chi connectivity index (χ4n) is 7.34. The van der Waals surface area contributed by atoms with E-state index in [4.69, 9.17) is 14.2 Å². The van der Waals surface area contributed by atoms with Crippen LogP contribution in [0.15, 0.2) is 85.3 Å². The minimum absolute atomic E-state index is 0.0134. The standard InChI is InChI=1S/C42H37F3N6O9S/c1-23-2-11-35(40(53)48-23)51-41(54)29-8-7-28(19-31(29)42(51)55)60-17-15-58-14-16-59-27-5-3-24(4-6-27)25-18-30-32(21-47-39(30)46-20-25)38(52)36-33(44)9-10-34(37(36)45)49-61(56,57)50-13-12-26(43)22-50/h3-10,18-21,26,35,49H,1-2,11-17,22H2,(H,46,47)(H,48,53)/t26-,35?/m1/s1. The van der Waals surface area contributed by atoms with Gasteiger partial charge < -0.3 is 24.5 Å². The number of nitrogens with zero attached hydrogens (tertiary/aromatic N) is 3. The van der Waals surface area contributed by atoms with Crippen LogP contribution in [-0.4, -0.2) is 103 Å². The lowest BCUT2D eigenvalue weighted by Gasteiger charge is -2.29. The first-order chi connectivity index (χ1) is 29.3. The zero-order valence-electron chi connectivity index (χ0n) is 32.2. The zero-order chi connectivity index (χ0) is 43.0. The number of nitrogens with one attached hydrogen (secondary N) is 3. The molecule has 8 rings (SSSR count). The van der Waals surface area contributed by atoms with Crippen molar-refractivity contribution in [2.45, 2.75) is 31.5 Å². The number of aromatic amines is 1. The Bertz CT molecular complexity index is 2710. The highest BCUT2D eigenvalue weighted by molar-refractivity contribution is 7.90. The number of fused-ring (bicyclic) bond motifs is 2. The summed E-state index contributed by atoms with van der Waals surface area (Å²) in [6.07, 6.45) is 2.21. The number of hydrogen-bond acceptors (Lipinski definition) is 10. The minimum atomic E-state index is -4.37. The number of aromatic nitrogens is 2. The first kappa shape index (κ1) is 41.2. The molecule has 316 valence electrons. The van der Waals surface area contributed by atoms with E-state index in [0.29, 0.717) is 41.2 Å². The molecule has 2 atom stereocenters. The molecule has 2 saturated heterocycles. The number of rotatable bonds is 15. The van der Waals surface area contributed by atoms with E-state index in [1.807, 2.05) is 4.72 Å². The molecule has 0 bridgehead atoms. The van der Waals surface area contributed by atoms with Crippen molar-refractivity contribution < 1.29 is 55.0 Å². The number of pyridine rings is 1. The third kappa shape index (κ3) is 8.31. The lowest BCUT2D eigenvalue weighted by atomic mass is 10.00. The summed E-state index contributed by atoms with van der Waals surface area (Å²) in [6, 6.07) is 13.9. The number of piperidine rings is 1. The third-order valence-corrected chi connectivity index (χ3v) is 12.0. The van der Waals surface area contributed by atoms with Crippen molar-refractivity contribution in [2.75, 3.05) is 44.2 Å². The molecule has 5 aromatic rings. The largest absolute Gasteiger partial charge is 0.491 e. The topological polar surface area (TPSA) is 189 Å². The summed E-state index contributed by atoms with van der Waals surface area (Å²) in [4.78, 5) is 60.3. The number of alkyl halides is 1. The number of ketones is 1. The second-order valence-corrected chi connectivity index (χ2v) is 16.1. The van der Waals surface area contributed by atoms with Crippen LogP contribution in [0.5, 0.6) is 11.5 Å². The Labute approximate surface area is 346 Å². The van der Waals surface area contributed by atoms with Gasteiger partial charge in [0.1, 0.15) is 48.4 Å². The predicted octanol–water partition coefficient (Wildman–Crippen LogP) is 5.30. The third-order valence-electron chi connectivity index (χ3n) is 10.5. The summed E-state index contributed by atoms with van der Waals surface area (Å²) in [7, 11) is -4.37. The van der Waals surface area contributed by atoms with Crippen molar-refractivity contribution in [3.05, 3.63) is 119 Å². The van der Waals surface area contributed by atoms with E-state index in [1.54, 1.807) is 42.6 Å². The molecule has 3 aliphatic heterocycles. The molecule has 0 saturated carbocycles. The summed E-state index contributed by atoms with van der Waals surface area (Å²) in [5.41, 5.74) is 0.720. The van der Waals surface area contributed by atoms with Crippen LogP contribution in [0, 0.1) is 11.6 Å². The van der Waals surface area contributed by atoms with Gasteiger partial charge in [-0.2, -0.15) is 12.7 Å². The van der Waals surface area contributed by atoms with E-state index in [9.17, 15) is 32.0 Å². The Balaban J connectivity index is 0.832. The van der Waals surface area contributed by atoms with Crippen LogP contribution in [0.3, 0.4) is 0 Å². The van der Waals surface area contributed by atoms with E-state index in [1.165, 1.54) is 18.3 Å². The van der Waals surface area contributed by atoms with Gasteiger partial charge in [-0.25, -0.2) is 18.2 Å². The van der Waals surface area contributed by atoms with Crippen molar-refractivity contribution in [2.24, 2.45) is 0 Å². The molecule has 3 aliphatic rings. The van der Waals surface area contributed by atoms with Gasteiger partial charge in [-0.05, 0) is 73.4 Å². The summed E-state index contributed by atoms with van der Waals surface area (Å²) in [5, 5.41) is 2.87. The van der Waals surface area contributed by atoms with Gasteiger partial charge in [0.15, 0.2) is 5.82 Å². The van der Waals surface area contributed by atoms with Crippen molar-refractivity contribution in [1.29, 1.82) is 0 Å². The van der Waals surface area contributed by atoms with Crippen LogP contribution in [0.25, 0.3) is 22.2 Å². The molecule has 0 spiro atoms. The van der Waals surface area contributed by atoms with Gasteiger partial charge in [-0.1, -0.05) is 18.7 Å². The molecule has 0 aliphatic carbocycles. The maximum absolute atomic E-state index is 15.7. The molecule has 15 nitrogen and oxygen atoms in total. The second-order valence-electron chi connectivity index (χ2n) is 14.5. The van der Waals surface area contributed by atoms with E-state index in [0.717, 1.165) is 21.3 Å². The number of halogens is 3. The van der Waals surface area contributed by atoms with Gasteiger partial charge in [0, 0.05) is 47.7 Å². The van der Waals surface area contributed by atoms with Crippen molar-refractivity contribution in [3.8, 4) is 22.6 Å². The SMILES string of the molecule is C=C1CCC(N2C(=O)c3ccc(OCCOCCOc4ccc(-c5cnc6[nH]cc(C(=O)c7c(F)ccc(NS(=O)(=O)N8CC[C@@H](F)C8)c7F)c6c5)cc4)cc3C2=O)C(=O)N1. The fourth-order valence-corrected chi connectivity index (χ4v) is 8.60. The molecule has 3 N–H and O–H groups in total. The highest BCUT2D eigenvalue weighted by Crippen LogP contribution is 2.33. The van der Waals surface area contributed by atoms with Gasteiger partial charge in [0.2, 0.25) is 11.7 Å². The monoisotopic (exact) mass is 858 g/mol. The Morgan fingerprint density at radius 3 is 2.34 bits per heavy atom. The van der Waals surface area contributed by atoms with E-state index in [2.05, 4.69) is 21.9 Å². The second kappa shape index (κ2) is 16.8. The highest BCUT2D eigenvalue weighted by atomic mass is 32.2. The van der Waals surface area contributed by atoms with E-state index in [-0.39, 0.29) is 67.1 Å². The molecule has 0 radical (unpaired) electrons. The summed E-state index contributed by atoms with van der Waals surface area (Å²) in [6.45, 7) is 4.01. The number of H-pyrrole nitrogens is 1. The molecule has 5 heterocycles. The lowest BCUT2D eigenvalue weighted by Crippen LogP contribution is -2.51. The van der Waals surface area contributed by atoms with Gasteiger partial charge >= 0.3 is 10.2 Å². The maximum Gasteiger partial charge on any atom is 0.301 e. The average molecular weight is 859 g/mol. The molecule has 19 heteroatoms. The molecule has 3 aromatic carbocycles. The van der Waals surface area contributed by atoms with E-state index < -0.39 is 75.4 Å². The molecule has 3 amide bonds. The molecule has 1 unspecified atom stereocenters. The molecule has 2 aromatic heterocycles. The first-order valence-corrected chi connectivity index (χ1v) is 20.6.